The Bertz CT molecular complexity index is 186. The molecule has 0 amide bonds. The topological polar surface area (TPSA) is 37.3 Å². The second-order valence-corrected chi connectivity index (χ2v) is 3.53. The molecule has 1 fully saturated rings. The molecule has 0 aliphatic heterocycles. The zero-order chi connectivity index (χ0) is 9.14. The molecule has 0 spiro atoms. The fraction of sp³-hybridized carbons (Fsp3) is 0.700. The largest absolute Gasteiger partial charge is 0.392 e. The highest BCUT2D eigenvalue weighted by atomic mass is 16.3. The van der Waals surface area contributed by atoms with Crippen LogP contribution in [0.5, 0.6) is 0 Å². The molecule has 3 atom stereocenters. The molecule has 0 bridgehead atoms. The average Bonchev–Trinajstić information content (AvgIpc) is 2.03. The summed E-state index contributed by atoms with van der Waals surface area (Å²) >= 11 is 0. The molecule has 3 unspecified atom stereocenters. The standard InChI is InChI=1S/C10H16O2/c1-3-8-9(7(2)11)5-4-6-10(8)12/h3,8-10,12H,1,4-6H2,2H3. The minimum atomic E-state index is -0.356. The molecule has 68 valence electrons. The van der Waals surface area contributed by atoms with Gasteiger partial charge in [-0.05, 0) is 19.8 Å². The van der Waals surface area contributed by atoms with Crippen molar-refractivity contribution in [1.82, 2.24) is 0 Å². The van der Waals surface area contributed by atoms with E-state index in [0.717, 1.165) is 19.3 Å². The van der Waals surface area contributed by atoms with Crippen LogP contribution in [0.2, 0.25) is 0 Å². The Labute approximate surface area is 73.3 Å². The molecule has 0 aromatic heterocycles. The van der Waals surface area contributed by atoms with Crippen LogP contribution >= 0.6 is 0 Å². The quantitative estimate of drug-likeness (QED) is 0.635. The lowest BCUT2D eigenvalue weighted by atomic mass is 9.75. The molecular formula is C10H16O2. The zero-order valence-electron chi connectivity index (χ0n) is 7.49. The van der Waals surface area contributed by atoms with Crippen molar-refractivity contribution in [1.29, 1.82) is 0 Å². The Morgan fingerprint density at radius 1 is 1.58 bits per heavy atom. The fourth-order valence-electron chi connectivity index (χ4n) is 2.00. The summed E-state index contributed by atoms with van der Waals surface area (Å²) in [5, 5.41) is 9.56. The minimum Gasteiger partial charge on any atom is -0.392 e. The lowest BCUT2D eigenvalue weighted by molar-refractivity contribution is -0.124. The Morgan fingerprint density at radius 2 is 2.25 bits per heavy atom. The van der Waals surface area contributed by atoms with E-state index in [2.05, 4.69) is 6.58 Å². The van der Waals surface area contributed by atoms with Gasteiger partial charge in [0, 0.05) is 11.8 Å². The van der Waals surface area contributed by atoms with E-state index < -0.39 is 0 Å². The highest BCUT2D eigenvalue weighted by Gasteiger charge is 2.32. The predicted molar refractivity (Wildman–Crippen MR) is 47.7 cm³/mol. The van der Waals surface area contributed by atoms with E-state index in [-0.39, 0.29) is 23.7 Å². The summed E-state index contributed by atoms with van der Waals surface area (Å²) in [6.45, 7) is 5.25. The molecule has 1 aliphatic carbocycles. The van der Waals surface area contributed by atoms with Crippen molar-refractivity contribution in [3.05, 3.63) is 12.7 Å². The second kappa shape index (κ2) is 3.85. The highest BCUT2D eigenvalue weighted by molar-refractivity contribution is 5.79. The lowest BCUT2D eigenvalue weighted by Gasteiger charge is -2.31. The van der Waals surface area contributed by atoms with Crippen LogP contribution in [-0.4, -0.2) is 17.0 Å². The van der Waals surface area contributed by atoms with Crippen LogP contribution < -0.4 is 0 Å². The summed E-state index contributed by atoms with van der Waals surface area (Å²) in [6, 6.07) is 0. The molecule has 0 aromatic rings. The smallest absolute Gasteiger partial charge is 0.133 e. The lowest BCUT2D eigenvalue weighted by Crippen LogP contribution is -2.34. The number of aliphatic hydroxyl groups is 1. The highest BCUT2D eigenvalue weighted by Crippen LogP contribution is 2.31. The Hall–Kier alpha value is -0.630. The van der Waals surface area contributed by atoms with Gasteiger partial charge >= 0.3 is 0 Å². The van der Waals surface area contributed by atoms with Crippen LogP contribution in [0.3, 0.4) is 0 Å². The van der Waals surface area contributed by atoms with Crippen molar-refractivity contribution < 1.29 is 9.90 Å². The number of hydrogen-bond donors (Lipinski definition) is 1. The Kier molecular flexibility index (Phi) is 3.04. The molecular weight excluding hydrogens is 152 g/mol. The van der Waals surface area contributed by atoms with Gasteiger partial charge in [-0.1, -0.05) is 12.5 Å². The predicted octanol–water partition coefficient (Wildman–Crippen LogP) is 1.54. The number of aliphatic hydroxyl groups excluding tert-OH is 1. The van der Waals surface area contributed by atoms with E-state index in [4.69, 9.17) is 0 Å². The third-order valence-corrected chi connectivity index (χ3v) is 2.72. The second-order valence-electron chi connectivity index (χ2n) is 3.53. The van der Waals surface area contributed by atoms with E-state index in [1.54, 1.807) is 13.0 Å². The summed E-state index contributed by atoms with van der Waals surface area (Å²) in [7, 11) is 0. The molecule has 1 N–H and O–H groups in total. The van der Waals surface area contributed by atoms with Crippen LogP contribution in [0.25, 0.3) is 0 Å². The van der Waals surface area contributed by atoms with E-state index in [0.29, 0.717) is 0 Å². The van der Waals surface area contributed by atoms with Gasteiger partial charge < -0.3 is 5.11 Å². The van der Waals surface area contributed by atoms with Crippen molar-refractivity contribution in [2.24, 2.45) is 11.8 Å². The molecule has 1 saturated carbocycles. The maximum absolute atomic E-state index is 11.2. The van der Waals surface area contributed by atoms with E-state index >= 15 is 0 Å². The third kappa shape index (κ3) is 1.75. The Morgan fingerprint density at radius 3 is 2.67 bits per heavy atom. The van der Waals surface area contributed by atoms with Crippen molar-refractivity contribution in [3.8, 4) is 0 Å². The monoisotopic (exact) mass is 168 g/mol. The van der Waals surface area contributed by atoms with Gasteiger partial charge in [0.2, 0.25) is 0 Å². The van der Waals surface area contributed by atoms with E-state index in [9.17, 15) is 9.90 Å². The minimum absolute atomic E-state index is 0.00579. The summed E-state index contributed by atoms with van der Waals surface area (Å²) < 4.78 is 0. The molecule has 2 nitrogen and oxygen atoms in total. The van der Waals surface area contributed by atoms with Gasteiger partial charge in [0.05, 0.1) is 6.10 Å². The number of hydrogen-bond acceptors (Lipinski definition) is 2. The van der Waals surface area contributed by atoms with Crippen molar-refractivity contribution in [2.45, 2.75) is 32.3 Å². The van der Waals surface area contributed by atoms with Gasteiger partial charge in [-0.2, -0.15) is 0 Å². The first-order valence-corrected chi connectivity index (χ1v) is 4.48. The van der Waals surface area contributed by atoms with Crippen molar-refractivity contribution in [3.63, 3.8) is 0 Å². The molecule has 0 aromatic carbocycles. The number of carbonyl (C=O) groups is 1. The van der Waals surface area contributed by atoms with E-state index in [1.807, 2.05) is 0 Å². The maximum Gasteiger partial charge on any atom is 0.133 e. The number of rotatable bonds is 2. The fourth-order valence-corrected chi connectivity index (χ4v) is 2.00. The molecule has 1 rings (SSSR count). The SMILES string of the molecule is C=CC1C(O)CCCC1C(C)=O. The zero-order valence-corrected chi connectivity index (χ0v) is 7.49. The average molecular weight is 168 g/mol. The first-order valence-electron chi connectivity index (χ1n) is 4.48. The van der Waals surface area contributed by atoms with E-state index in [1.165, 1.54) is 0 Å². The summed E-state index contributed by atoms with van der Waals surface area (Å²) in [5.41, 5.74) is 0. The van der Waals surface area contributed by atoms with Crippen LogP contribution in [0.1, 0.15) is 26.2 Å². The number of Topliss-reactive ketones (excluding diaryl/α,β-unsaturated/α-hetero) is 1. The Balaban J connectivity index is 2.70. The van der Waals surface area contributed by atoms with Gasteiger partial charge in [0.25, 0.3) is 0 Å². The molecule has 0 saturated heterocycles. The molecule has 12 heavy (non-hydrogen) atoms. The first-order chi connectivity index (χ1) is 5.66. The normalized spacial score (nSPS) is 36.0. The summed E-state index contributed by atoms with van der Waals surface area (Å²) in [5.74, 6) is 0.168. The molecule has 1 aliphatic rings. The van der Waals surface area contributed by atoms with Crippen LogP contribution in [0, 0.1) is 11.8 Å². The molecule has 0 heterocycles. The van der Waals surface area contributed by atoms with Crippen LogP contribution in [0.15, 0.2) is 12.7 Å². The molecule has 2 heteroatoms. The van der Waals surface area contributed by atoms with Gasteiger partial charge in [-0.25, -0.2) is 0 Å². The summed E-state index contributed by atoms with van der Waals surface area (Å²) in [6.07, 6.45) is 4.03. The van der Waals surface area contributed by atoms with Gasteiger partial charge in [0.1, 0.15) is 5.78 Å². The van der Waals surface area contributed by atoms with Crippen LogP contribution in [-0.2, 0) is 4.79 Å². The van der Waals surface area contributed by atoms with Gasteiger partial charge in [0.15, 0.2) is 0 Å². The third-order valence-electron chi connectivity index (χ3n) is 2.72. The number of carbonyl (C=O) groups excluding carboxylic acids is 1. The van der Waals surface area contributed by atoms with Crippen LogP contribution in [0.4, 0.5) is 0 Å². The molecule has 0 radical (unpaired) electrons. The number of ketones is 1. The summed E-state index contributed by atoms with van der Waals surface area (Å²) in [4.78, 5) is 11.2. The van der Waals surface area contributed by atoms with Gasteiger partial charge in [-0.15, -0.1) is 6.58 Å². The van der Waals surface area contributed by atoms with Crippen molar-refractivity contribution >= 4 is 5.78 Å². The van der Waals surface area contributed by atoms with Crippen molar-refractivity contribution in [2.75, 3.05) is 0 Å². The van der Waals surface area contributed by atoms with Gasteiger partial charge in [-0.3, -0.25) is 4.79 Å². The first kappa shape index (κ1) is 9.46. The maximum atomic E-state index is 11.2.